The lowest BCUT2D eigenvalue weighted by molar-refractivity contribution is 0.556. The topological polar surface area (TPSA) is 56.7 Å². The quantitative estimate of drug-likeness (QED) is 0.796. The molecule has 0 unspecified atom stereocenters. The van der Waals surface area contributed by atoms with Gasteiger partial charge >= 0.3 is 0 Å². The van der Waals surface area contributed by atoms with Gasteiger partial charge in [-0.25, -0.2) is 13.5 Å². The molecule has 0 spiro atoms. The Labute approximate surface area is 113 Å². The van der Waals surface area contributed by atoms with Crippen LogP contribution in [0, 0.1) is 11.6 Å². The fourth-order valence-electron chi connectivity index (χ4n) is 2.17. The van der Waals surface area contributed by atoms with E-state index in [1.807, 2.05) is 0 Å². The number of aromatic nitrogens is 3. The summed E-state index contributed by atoms with van der Waals surface area (Å²) in [5.41, 5.74) is 6.83. The van der Waals surface area contributed by atoms with Crippen molar-refractivity contribution in [2.45, 2.75) is 6.42 Å². The van der Waals surface area contributed by atoms with Gasteiger partial charge in [0.15, 0.2) is 11.6 Å². The highest BCUT2D eigenvalue weighted by atomic mass is 19.1. The van der Waals surface area contributed by atoms with Gasteiger partial charge < -0.3 is 5.73 Å². The predicted octanol–water partition coefficient (Wildman–Crippen LogP) is 2.20. The van der Waals surface area contributed by atoms with E-state index in [4.69, 9.17) is 5.73 Å². The first-order valence-electron chi connectivity index (χ1n) is 6.19. The zero-order valence-electron chi connectivity index (χ0n) is 10.6. The Balaban J connectivity index is 2.19. The van der Waals surface area contributed by atoms with E-state index < -0.39 is 11.6 Å². The van der Waals surface area contributed by atoms with Crippen LogP contribution in [0.5, 0.6) is 0 Å². The zero-order valence-corrected chi connectivity index (χ0v) is 10.6. The van der Waals surface area contributed by atoms with Crippen molar-refractivity contribution in [3.8, 4) is 5.69 Å². The van der Waals surface area contributed by atoms with E-state index >= 15 is 0 Å². The maximum atomic E-state index is 14.2. The van der Waals surface area contributed by atoms with Crippen LogP contribution < -0.4 is 5.73 Å². The van der Waals surface area contributed by atoms with Crippen molar-refractivity contribution in [2.24, 2.45) is 5.73 Å². The SMILES string of the molecule is NCCc1cc(F)c(-n2nnc3ccccc32)c(F)c1. The number of fused-ring (bicyclic) bond motifs is 1. The molecule has 2 N–H and O–H groups in total. The molecule has 0 radical (unpaired) electrons. The van der Waals surface area contributed by atoms with Crippen LogP contribution in [0.25, 0.3) is 16.7 Å². The second-order valence-electron chi connectivity index (χ2n) is 4.44. The highest BCUT2D eigenvalue weighted by molar-refractivity contribution is 5.76. The monoisotopic (exact) mass is 274 g/mol. The second kappa shape index (κ2) is 4.97. The van der Waals surface area contributed by atoms with E-state index in [1.54, 1.807) is 24.3 Å². The molecule has 1 heterocycles. The van der Waals surface area contributed by atoms with Crippen molar-refractivity contribution in [3.05, 3.63) is 53.6 Å². The summed E-state index contributed by atoms with van der Waals surface area (Å²) in [6.07, 6.45) is 0.423. The summed E-state index contributed by atoms with van der Waals surface area (Å²) in [6, 6.07) is 9.56. The van der Waals surface area contributed by atoms with Crippen LogP contribution in [-0.4, -0.2) is 21.5 Å². The molecule has 0 saturated heterocycles. The normalized spacial score (nSPS) is 11.2. The molecule has 20 heavy (non-hydrogen) atoms. The van der Waals surface area contributed by atoms with Gasteiger partial charge in [-0.15, -0.1) is 5.10 Å². The average molecular weight is 274 g/mol. The van der Waals surface area contributed by atoms with Crippen LogP contribution in [0.1, 0.15) is 5.56 Å². The summed E-state index contributed by atoms with van der Waals surface area (Å²) < 4.78 is 29.5. The molecule has 0 fully saturated rings. The number of halogens is 2. The van der Waals surface area contributed by atoms with Gasteiger partial charge in [0, 0.05) is 0 Å². The lowest BCUT2D eigenvalue weighted by Gasteiger charge is -2.08. The predicted molar refractivity (Wildman–Crippen MR) is 71.5 cm³/mol. The van der Waals surface area contributed by atoms with Crippen LogP contribution in [0.15, 0.2) is 36.4 Å². The van der Waals surface area contributed by atoms with Crippen LogP contribution in [-0.2, 0) is 6.42 Å². The third kappa shape index (κ3) is 2.04. The molecule has 0 aliphatic heterocycles. The number of benzene rings is 2. The first-order chi connectivity index (χ1) is 9.70. The minimum Gasteiger partial charge on any atom is -0.330 e. The van der Waals surface area contributed by atoms with E-state index in [1.165, 1.54) is 16.8 Å². The Morgan fingerprint density at radius 3 is 2.50 bits per heavy atom. The lowest BCUT2D eigenvalue weighted by atomic mass is 10.1. The van der Waals surface area contributed by atoms with Gasteiger partial charge in [-0.3, -0.25) is 0 Å². The molecule has 6 heteroatoms. The first kappa shape index (κ1) is 12.7. The standard InChI is InChI=1S/C14H12F2N4/c15-10-7-9(5-6-17)8-11(16)14(10)20-13-4-2-1-3-12(13)18-19-20/h1-4,7-8H,5-6,17H2. The minimum atomic E-state index is -0.677. The van der Waals surface area contributed by atoms with E-state index in [0.717, 1.165) is 0 Å². The highest BCUT2D eigenvalue weighted by Gasteiger charge is 2.16. The first-order valence-corrected chi connectivity index (χ1v) is 6.19. The molecule has 0 amide bonds. The molecule has 0 aliphatic rings. The molecular formula is C14H12F2N4. The van der Waals surface area contributed by atoms with Gasteiger partial charge in [0.25, 0.3) is 0 Å². The van der Waals surface area contributed by atoms with E-state index in [9.17, 15) is 8.78 Å². The number of nitrogens with two attached hydrogens (primary N) is 1. The molecule has 3 aromatic rings. The van der Waals surface area contributed by atoms with Crippen molar-refractivity contribution < 1.29 is 8.78 Å². The third-order valence-electron chi connectivity index (χ3n) is 3.07. The molecule has 0 atom stereocenters. The number of hydrogen-bond donors (Lipinski definition) is 1. The second-order valence-corrected chi connectivity index (χ2v) is 4.44. The fraction of sp³-hybridized carbons (Fsp3) is 0.143. The zero-order chi connectivity index (χ0) is 14.1. The van der Waals surface area contributed by atoms with E-state index in [0.29, 0.717) is 29.6 Å². The number of para-hydroxylation sites is 1. The maximum Gasteiger partial charge on any atom is 0.152 e. The Bertz CT molecular complexity index is 744. The highest BCUT2D eigenvalue weighted by Crippen LogP contribution is 2.23. The molecule has 2 aromatic carbocycles. The average Bonchev–Trinajstić information content (AvgIpc) is 2.83. The molecule has 102 valence electrons. The van der Waals surface area contributed by atoms with E-state index in [2.05, 4.69) is 10.3 Å². The van der Waals surface area contributed by atoms with Gasteiger partial charge in [-0.1, -0.05) is 17.3 Å². The molecule has 0 saturated carbocycles. The summed E-state index contributed by atoms with van der Waals surface area (Å²) in [6.45, 7) is 0.338. The number of rotatable bonds is 3. The van der Waals surface area contributed by atoms with E-state index in [-0.39, 0.29) is 5.69 Å². The molecule has 0 aliphatic carbocycles. The third-order valence-corrected chi connectivity index (χ3v) is 3.07. The summed E-state index contributed by atoms with van der Waals surface area (Å²) in [5.74, 6) is -1.35. The Hall–Kier alpha value is -2.34. The van der Waals surface area contributed by atoms with Crippen molar-refractivity contribution >= 4 is 11.0 Å². The Kier molecular flexibility index (Phi) is 3.15. The van der Waals surface area contributed by atoms with Gasteiger partial charge in [0.2, 0.25) is 0 Å². The summed E-state index contributed by atoms with van der Waals surface area (Å²) >= 11 is 0. The van der Waals surface area contributed by atoms with Gasteiger partial charge in [-0.2, -0.15) is 0 Å². The summed E-state index contributed by atoms with van der Waals surface area (Å²) in [7, 11) is 0. The number of hydrogen-bond acceptors (Lipinski definition) is 3. The van der Waals surface area contributed by atoms with Gasteiger partial charge in [0.1, 0.15) is 11.2 Å². The minimum absolute atomic E-state index is 0.223. The van der Waals surface area contributed by atoms with Crippen LogP contribution >= 0.6 is 0 Å². The van der Waals surface area contributed by atoms with Crippen LogP contribution in [0.4, 0.5) is 8.78 Å². The molecule has 4 nitrogen and oxygen atoms in total. The molecule has 3 rings (SSSR count). The fourth-order valence-corrected chi connectivity index (χ4v) is 2.17. The molecular weight excluding hydrogens is 262 g/mol. The van der Waals surface area contributed by atoms with Crippen molar-refractivity contribution in [1.82, 2.24) is 15.0 Å². The molecule has 1 aromatic heterocycles. The van der Waals surface area contributed by atoms with Crippen molar-refractivity contribution in [1.29, 1.82) is 0 Å². The largest absolute Gasteiger partial charge is 0.330 e. The summed E-state index contributed by atoms with van der Waals surface area (Å²) in [4.78, 5) is 0. The van der Waals surface area contributed by atoms with Gasteiger partial charge in [0.05, 0.1) is 5.52 Å². The summed E-state index contributed by atoms with van der Waals surface area (Å²) in [5, 5.41) is 7.72. The molecule has 0 bridgehead atoms. The maximum absolute atomic E-state index is 14.2. The number of nitrogens with zero attached hydrogens (tertiary/aromatic N) is 3. The Morgan fingerprint density at radius 1 is 1.10 bits per heavy atom. The lowest BCUT2D eigenvalue weighted by Crippen LogP contribution is -2.07. The van der Waals surface area contributed by atoms with Gasteiger partial charge in [-0.05, 0) is 42.8 Å². The van der Waals surface area contributed by atoms with Crippen molar-refractivity contribution in [2.75, 3.05) is 6.54 Å². The van der Waals surface area contributed by atoms with Crippen LogP contribution in [0.3, 0.4) is 0 Å². The van der Waals surface area contributed by atoms with Crippen molar-refractivity contribution in [3.63, 3.8) is 0 Å². The van der Waals surface area contributed by atoms with Crippen LogP contribution in [0.2, 0.25) is 0 Å². The Morgan fingerprint density at radius 2 is 1.80 bits per heavy atom. The smallest absolute Gasteiger partial charge is 0.152 e.